The number of rotatable bonds is 3. The van der Waals surface area contributed by atoms with Gasteiger partial charge in [-0.25, -0.2) is 4.39 Å². The van der Waals surface area contributed by atoms with Gasteiger partial charge in [0.05, 0.1) is 22.6 Å². The summed E-state index contributed by atoms with van der Waals surface area (Å²) in [6, 6.07) is 10.6. The standard InChI is InChI=1S/C14H6FN3O3/c15-12-5-9(7-16)1-4-14(12)21-11-3-2-10(8-17)13(6-11)18(19)20/h1-6H. The Labute approximate surface area is 118 Å². The molecule has 102 valence electrons. The van der Waals surface area contributed by atoms with Gasteiger partial charge in [-0.3, -0.25) is 10.1 Å². The summed E-state index contributed by atoms with van der Waals surface area (Å²) >= 11 is 0. The largest absolute Gasteiger partial charge is 0.454 e. The number of hydrogen-bond donors (Lipinski definition) is 0. The normalized spacial score (nSPS) is 9.48. The molecule has 0 bridgehead atoms. The minimum Gasteiger partial charge on any atom is -0.454 e. The lowest BCUT2D eigenvalue weighted by Crippen LogP contribution is -1.94. The fraction of sp³-hybridized carbons (Fsp3) is 0. The SMILES string of the molecule is N#Cc1ccc(Oc2ccc(C#N)c([N+](=O)[O-])c2)c(F)c1. The predicted octanol–water partition coefficient (Wildman–Crippen LogP) is 3.27. The Kier molecular flexibility index (Phi) is 3.78. The van der Waals surface area contributed by atoms with Crippen molar-refractivity contribution in [2.75, 3.05) is 0 Å². The van der Waals surface area contributed by atoms with Crippen LogP contribution in [0.25, 0.3) is 0 Å². The van der Waals surface area contributed by atoms with Crippen LogP contribution in [0.3, 0.4) is 0 Å². The summed E-state index contributed by atoms with van der Waals surface area (Å²) in [4.78, 5) is 10.1. The van der Waals surface area contributed by atoms with Crippen LogP contribution in [0.15, 0.2) is 36.4 Å². The number of nitriles is 2. The molecule has 2 aromatic rings. The first kappa shape index (κ1) is 14.0. The fourth-order valence-electron chi connectivity index (χ4n) is 1.60. The van der Waals surface area contributed by atoms with E-state index >= 15 is 0 Å². The molecule has 0 amide bonds. The van der Waals surface area contributed by atoms with E-state index in [0.29, 0.717) is 0 Å². The number of benzene rings is 2. The number of ether oxygens (including phenoxy) is 1. The number of nitrogens with zero attached hydrogens (tertiary/aromatic N) is 3. The second kappa shape index (κ2) is 5.68. The third-order valence-electron chi connectivity index (χ3n) is 2.58. The van der Waals surface area contributed by atoms with Crippen molar-refractivity contribution < 1.29 is 14.1 Å². The molecule has 6 nitrogen and oxygen atoms in total. The van der Waals surface area contributed by atoms with Crippen molar-refractivity contribution in [3.63, 3.8) is 0 Å². The summed E-state index contributed by atoms with van der Waals surface area (Å²) in [5.41, 5.74) is -0.414. The maximum absolute atomic E-state index is 13.7. The number of nitro benzene ring substituents is 1. The number of hydrogen-bond acceptors (Lipinski definition) is 5. The molecule has 0 aliphatic rings. The topological polar surface area (TPSA) is 99.9 Å². The predicted molar refractivity (Wildman–Crippen MR) is 69.0 cm³/mol. The molecule has 0 aliphatic carbocycles. The maximum Gasteiger partial charge on any atom is 0.290 e. The third-order valence-corrected chi connectivity index (χ3v) is 2.58. The van der Waals surface area contributed by atoms with E-state index in [1.54, 1.807) is 12.1 Å². The molecule has 0 N–H and O–H groups in total. The molecule has 7 heteroatoms. The lowest BCUT2D eigenvalue weighted by molar-refractivity contribution is -0.385. The lowest BCUT2D eigenvalue weighted by atomic mass is 10.2. The van der Waals surface area contributed by atoms with Gasteiger partial charge in [-0.05, 0) is 30.3 Å². The summed E-state index contributed by atoms with van der Waals surface area (Å²) in [6.45, 7) is 0. The van der Waals surface area contributed by atoms with Crippen LogP contribution in [-0.2, 0) is 0 Å². The van der Waals surface area contributed by atoms with Crippen LogP contribution in [-0.4, -0.2) is 4.92 Å². The molecule has 0 unspecified atom stereocenters. The average Bonchev–Trinajstić information content (AvgIpc) is 2.49. The van der Waals surface area contributed by atoms with E-state index in [-0.39, 0.29) is 22.6 Å². The molecule has 0 heterocycles. The van der Waals surface area contributed by atoms with Gasteiger partial charge in [-0.15, -0.1) is 0 Å². The number of nitro groups is 1. The molecule has 2 aromatic carbocycles. The molecule has 0 aliphatic heterocycles. The van der Waals surface area contributed by atoms with Crippen molar-refractivity contribution in [1.29, 1.82) is 10.5 Å². The molecule has 2 rings (SSSR count). The van der Waals surface area contributed by atoms with E-state index in [4.69, 9.17) is 15.3 Å². The molecule has 0 atom stereocenters. The second-order valence-electron chi connectivity index (χ2n) is 3.91. The van der Waals surface area contributed by atoms with Crippen LogP contribution in [0.2, 0.25) is 0 Å². The quantitative estimate of drug-likeness (QED) is 0.635. The Hall–Kier alpha value is -3.45. The van der Waals surface area contributed by atoms with Crippen LogP contribution >= 0.6 is 0 Å². The highest BCUT2D eigenvalue weighted by Gasteiger charge is 2.16. The summed E-state index contributed by atoms with van der Waals surface area (Å²) < 4.78 is 18.9. The number of halogens is 1. The zero-order valence-electron chi connectivity index (χ0n) is 10.4. The van der Waals surface area contributed by atoms with Crippen LogP contribution < -0.4 is 4.74 Å². The highest BCUT2D eigenvalue weighted by molar-refractivity contribution is 5.53. The van der Waals surface area contributed by atoms with Crippen molar-refractivity contribution in [3.8, 4) is 23.6 Å². The molecule has 0 saturated carbocycles. The summed E-state index contributed by atoms with van der Waals surface area (Å²) in [7, 11) is 0. The van der Waals surface area contributed by atoms with Gasteiger partial charge >= 0.3 is 0 Å². The van der Waals surface area contributed by atoms with Crippen molar-refractivity contribution >= 4 is 5.69 Å². The average molecular weight is 283 g/mol. The van der Waals surface area contributed by atoms with Crippen LogP contribution in [0.5, 0.6) is 11.5 Å². The smallest absolute Gasteiger partial charge is 0.290 e. The van der Waals surface area contributed by atoms with E-state index in [1.807, 2.05) is 0 Å². The Morgan fingerprint density at radius 3 is 2.48 bits per heavy atom. The van der Waals surface area contributed by atoms with Crippen molar-refractivity contribution in [3.05, 3.63) is 63.5 Å². The van der Waals surface area contributed by atoms with Crippen LogP contribution in [0, 0.1) is 38.6 Å². The molecular formula is C14H6FN3O3. The van der Waals surface area contributed by atoms with Crippen molar-refractivity contribution in [2.45, 2.75) is 0 Å². The van der Waals surface area contributed by atoms with Crippen LogP contribution in [0.4, 0.5) is 10.1 Å². The van der Waals surface area contributed by atoms with Gasteiger partial charge in [0.15, 0.2) is 11.6 Å². The molecule has 0 saturated heterocycles. The van der Waals surface area contributed by atoms with Gasteiger partial charge in [-0.2, -0.15) is 10.5 Å². The van der Waals surface area contributed by atoms with Crippen molar-refractivity contribution in [1.82, 2.24) is 0 Å². The first-order valence-electron chi connectivity index (χ1n) is 5.61. The summed E-state index contributed by atoms with van der Waals surface area (Å²) in [5, 5.41) is 28.2. The van der Waals surface area contributed by atoms with Gasteiger partial charge < -0.3 is 4.74 Å². The second-order valence-corrected chi connectivity index (χ2v) is 3.91. The van der Waals surface area contributed by atoms with Gasteiger partial charge in [0.25, 0.3) is 5.69 Å². The fourth-order valence-corrected chi connectivity index (χ4v) is 1.60. The Balaban J connectivity index is 2.37. The van der Waals surface area contributed by atoms with E-state index in [2.05, 4.69) is 0 Å². The first-order valence-corrected chi connectivity index (χ1v) is 5.61. The molecule has 0 spiro atoms. The lowest BCUT2D eigenvalue weighted by Gasteiger charge is -2.07. The first-order chi connectivity index (χ1) is 10.0. The molecule has 0 fully saturated rings. The van der Waals surface area contributed by atoms with Gasteiger partial charge in [0, 0.05) is 0 Å². The van der Waals surface area contributed by atoms with E-state index in [0.717, 1.165) is 12.1 Å². The minimum absolute atomic E-state index is 0.0179. The monoisotopic (exact) mass is 283 g/mol. The van der Waals surface area contributed by atoms with E-state index in [9.17, 15) is 14.5 Å². The third kappa shape index (κ3) is 2.94. The maximum atomic E-state index is 13.7. The summed E-state index contributed by atoms with van der Waals surface area (Å²) in [6.07, 6.45) is 0. The van der Waals surface area contributed by atoms with Crippen LogP contribution in [0.1, 0.15) is 11.1 Å². The Bertz CT molecular complexity index is 806. The molecule has 21 heavy (non-hydrogen) atoms. The Morgan fingerprint density at radius 1 is 1.14 bits per heavy atom. The Morgan fingerprint density at radius 2 is 1.90 bits per heavy atom. The molecule has 0 radical (unpaired) electrons. The van der Waals surface area contributed by atoms with Crippen molar-refractivity contribution in [2.24, 2.45) is 0 Å². The molecule has 0 aromatic heterocycles. The van der Waals surface area contributed by atoms with Gasteiger partial charge in [0.2, 0.25) is 0 Å². The molecular weight excluding hydrogens is 277 g/mol. The highest BCUT2D eigenvalue weighted by atomic mass is 19.1. The van der Waals surface area contributed by atoms with Gasteiger partial charge in [0.1, 0.15) is 17.4 Å². The van der Waals surface area contributed by atoms with E-state index in [1.165, 1.54) is 24.3 Å². The zero-order chi connectivity index (χ0) is 15.4. The summed E-state index contributed by atoms with van der Waals surface area (Å²) in [5.74, 6) is -0.918. The van der Waals surface area contributed by atoms with E-state index < -0.39 is 16.4 Å². The highest BCUT2D eigenvalue weighted by Crippen LogP contribution is 2.29. The zero-order valence-corrected chi connectivity index (χ0v) is 10.4. The minimum atomic E-state index is -0.763. The van der Waals surface area contributed by atoms with Gasteiger partial charge in [-0.1, -0.05) is 0 Å².